The van der Waals surface area contributed by atoms with Crippen LogP contribution in [0.5, 0.6) is 0 Å². The first-order valence-electron chi connectivity index (χ1n) is 7.97. The average Bonchev–Trinajstić information content (AvgIpc) is 3.03. The number of aromatic nitrogens is 1. The molecule has 0 saturated heterocycles. The lowest BCUT2D eigenvalue weighted by molar-refractivity contribution is -0.128. The highest BCUT2D eigenvalue weighted by Crippen LogP contribution is 2.25. The van der Waals surface area contributed by atoms with E-state index in [1.807, 2.05) is 24.3 Å². The number of nitrogens with zero attached hydrogens (tertiary/aromatic N) is 1. The molecule has 8 heteroatoms. The van der Waals surface area contributed by atoms with Gasteiger partial charge in [0.2, 0.25) is 5.91 Å². The van der Waals surface area contributed by atoms with E-state index in [4.69, 9.17) is 11.6 Å². The van der Waals surface area contributed by atoms with Crippen molar-refractivity contribution in [3.63, 3.8) is 0 Å². The van der Waals surface area contributed by atoms with E-state index in [1.54, 1.807) is 31.2 Å². The monoisotopic (exact) mass is 388 g/mol. The number of anilines is 1. The molecule has 1 aromatic heterocycles. The minimum atomic E-state index is -0.559. The van der Waals surface area contributed by atoms with Gasteiger partial charge >= 0.3 is 0 Å². The van der Waals surface area contributed by atoms with Gasteiger partial charge < -0.3 is 5.32 Å². The van der Waals surface area contributed by atoms with Crippen LogP contribution in [0.15, 0.2) is 48.5 Å². The molecule has 0 radical (unpaired) electrons. The topological polar surface area (TPSA) is 83.1 Å². The zero-order chi connectivity index (χ0) is 18.5. The third-order valence-electron chi connectivity index (χ3n) is 3.66. The molecule has 0 aliphatic heterocycles. The van der Waals surface area contributed by atoms with Gasteiger partial charge in [-0.3, -0.25) is 20.4 Å². The fourth-order valence-corrected chi connectivity index (χ4v) is 3.44. The largest absolute Gasteiger partial charge is 0.350 e. The molecule has 0 spiro atoms. The van der Waals surface area contributed by atoms with Gasteiger partial charge in [-0.25, -0.2) is 4.98 Å². The van der Waals surface area contributed by atoms with Crippen molar-refractivity contribution in [1.82, 2.24) is 15.8 Å². The average molecular weight is 389 g/mol. The van der Waals surface area contributed by atoms with Gasteiger partial charge in [-0.2, -0.15) is 0 Å². The van der Waals surface area contributed by atoms with E-state index < -0.39 is 6.04 Å². The number of halogens is 1. The molecule has 2 amide bonds. The maximum atomic E-state index is 12.1. The number of hydrogen-bond acceptors (Lipinski definition) is 5. The number of rotatable bonds is 5. The van der Waals surface area contributed by atoms with Crippen LogP contribution < -0.4 is 16.2 Å². The summed E-state index contributed by atoms with van der Waals surface area (Å²) in [5, 5.41) is 4.20. The second-order valence-electron chi connectivity index (χ2n) is 5.66. The Morgan fingerprint density at radius 1 is 1.12 bits per heavy atom. The van der Waals surface area contributed by atoms with Crippen LogP contribution in [0, 0.1) is 0 Å². The Hall–Kier alpha value is -2.64. The minimum absolute atomic E-state index is 0.0830. The Bertz CT molecular complexity index is 911. The van der Waals surface area contributed by atoms with Crippen molar-refractivity contribution in [3.8, 4) is 0 Å². The maximum absolute atomic E-state index is 12.1. The Morgan fingerprint density at radius 3 is 2.62 bits per heavy atom. The quantitative estimate of drug-likeness (QED) is 0.586. The molecule has 0 aliphatic rings. The normalized spacial score (nSPS) is 11.8. The Balaban J connectivity index is 1.51. The van der Waals surface area contributed by atoms with Crippen molar-refractivity contribution in [2.45, 2.75) is 19.4 Å². The summed E-state index contributed by atoms with van der Waals surface area (Å²) in [4.78, 5) is 28.5. The molecule has 0 unspecified atom stereocenters. The highest BCUT2D eigenvalue weighted by Gasteiger charge is 2.15. The smallest absolute Gasteiger partial charge is 0.260 e. The van der Waals surface area contributed by atoms with Gasteiger partial charge in [-0.15, -0.1) is 0 Å². The lowest BCUT2D eigenvalue weighted by Crippen LogP contribution is -2.48. The number of fused-ring (bicyclic) bond motifs is 1. The zero-order valence-corrected chi connectivity index (χ0v) is 15.5. The van der Waals surface area contributed by atoms with Crippen molar-refractivity contribution in [2.75, 3.05) is 5.32 Å². The summed E-state index contributed by atoms with van der Waals surface area (Å²) in [5.41, 5.74) is 6.38. The van der Waals surface area contributed by atoms with E-state index in [9.17, 15) is 9.59 Å². The number of hydrazine groups is 1. The van der Waals surface area contributed by atoms with Crippen LogP contribution >= 0.6 is 22.9 Å². The van der Waals surface area contributed by atoms with Gasteiger partial charge in [0.15, 0.2) is 5.13 Å². The molecular weight excluding hydrogens is 372 g/mol. The van der Waals surface area contributed by atoms with Gasteiger partial charge in [-0.1, -0.05) is 53.3 Å². The van der Waals surface area contributed by atoms with Gasteiger partial charge in [-0.05, 0) is 30.7 Å². The number of amides is 2. The molecule has 1 heterocycles. The van der Waals surface area contributed by atoms with E-state index in [2.05, 4.69) is 21.2 Å². The van der Waals surface area contributed by atoms with Gasteiger partial charge in [0.05, 0.1) is 16.6 Å². The fraction of sp³-hybridized carbons (Fsp3) is 0.167. The van der Waals surface area contributed by atoms with Crippen molar-refractivity contribution in [2.24, 2.45) is 0 Å². The van der Waals surface area contributed by atoms with Crippen molar-refractivity contribution in [1.29, 1.82) is 0 Å². The molecule has 6 nitrogen and oxygen atoms in total. The van der Waals surface area contributed by atoms with Crippen LogP contribution in [0.25, 0.3) is 10.2 Å². The predicted molar refractivity (Wildman–Crippen MR) is 104 cm³/mol. The zero-order valence-electron chi connectivity index (χ0n) is 14.0. The van der Waals surface area contributed by atoms with Crippen molar-refractivity contribution in [3.05, 3.63) is 59.1 Å². The molecule has 0 fully saturated rings. The van der Waals surface area contributed by atoms with Gasteiger partial charge in [0.1, 0.15) is 6.04 Å². The van der Waals surface area contributed by atoms with Crippen LogP contribution in [-0.4, -0.2) is 22.8 Å². The second kappa shape index (κ2) is 8.16. The third-order valence-corrected chi connectivity index (χ3v) is 5.00. The molecule has 1 atom stereocenters. The number of carbonyl (C=O) groups excluding carboxylic acids is 2. The summed E-state index contributed by atoms with van der Waals surface area (Å²) < 4.78 is 1.04. The summed E-state index contributed by atoms with van der Waals surface area (Å²) >= 11 is 7.49. The summed E-state index contributed by atoms with van der Waals surface area (Å²) in [6.45, 7) is 1.70. The number of thiazole rings is 1. The van der Waals surface area contributed by atoms with Crippen LogP contribution in [0.1, 0.15) is 12.5 Å². The summed E-state index contributed by atoms with van der Waals surface area (Å²) in [6, 6.07) is 14.3. The number of benzene rings is 2. The van der Waals surface area contributed by atoms with E-state index in [0.717, 1.165) is 10.2 Å². The van der Waals surface area contributed by atoms with E-state index in [0.29, 0.717) is 15.7 Å². The first kappa shape index (κ1) is 18.2. The molecular formula is C18H17ClN4O2S. The third kappa shape index (κ3) is 4.50. The van der Waals surface area contributed by atoms with Gasteiger partial charge in [0.25, 0.3) is 5.91 Å². The number of carbonyl (C=O) groups is 2. The molecule has 0 aliphatic carbocycles. The van der Waals surface area contributed by atoms with Crippen LogP contribution in [0.3, 0.4) is 0 Å². The minimum Gasteiger partial charge on any atom is -0.350 e. The molecule has 134 valence electrons. The Kier molecular flexibility index (Phi) is 5.70. The Morgan fingerprint density at radius 2 is 1.85 bits per heavy atom. The lowest BCUT2D eigenvalue weighted by atomic mass is 10.1. The first-order valence-corrected chi connectivity index (χ1v) is 9.16. The van der Waals surface area contributed by atoms with E-state index >= 15 is 0 Å². The molecule has 3 rings (SSSR count). The molecule has 26 heavy (non-hydrogen) atoms. The number of nitrogens with one attached hydrogen (secondary N) is 3. The van der Waals surface area contributed by atoms with E-state index in [1.165, 1.54) is 11.3 Å². The lowest BCUT2D eigenvalue weighted by Gasteiger charge is -2.14. The number of hydrogen-bond donors (Lipinski definition) is 3. The number of para-hydroxylation sites is 1. The summed E-state index contributed by atoms with van der Waals surface area (Å²) in [7, 11) is 0. The van der Waals surface area contributed by atoms with Crippen LogP contribution in [-0.2, 0) is 16.0 Å². The molecule has 0 bridgehead atoms. The molecule has 3 aromatic rings. The standard InChI is InChI=1S/C18H17ClN4O2S/c1-11(20-18-21-14-8-4-5-9-15(14)26-18)17(25)23-22-16(24)10-12-6-2-3-7-13(12)19/h2-9,11H,10H2,1H3,(H,20,21)(H,22,24)(H,23,25)/t11-/m0/s1. The molecule has 0 saturated carbocycles. The SMILES string of the molecule is C[C@H](Nc1nc2ccccc2s1)C(=O)NNC(=O)Cc1ccccc1Cl. The second-order valence-corrected chi connectivity index (χ2v) is 7.10. The van der Waals surface area contributed by atoms with Crippen molar-refractivity contribution >= 4 is 50.1 Å². The van der Waals surface area contributed by atoms with Gasteiger partial charge in [0, 0.05) is 5.02 Å². The summed E-state index contributed by atoms with van der Waals surface area (Å²) in [6.07, 6.45) is 0.0830. The molecule has 2 aromatic carbocycles. The first-order chi connectivity index (χ1) is 12.5. The summed E-state index contributed by atoms with van der Waals surface area (Å²) in [5.74, 6) is -0.713. The Labute approximate surface area is 159 Å². The fourth-order valence-electron chi connectivity index (χ4n) is 2.28. The van der Waals surface area contributed by atoms with Crippen LogP contribution in [0.4, 0.5) is 5.13 Å². The highest BCUT2D eigenvalue weighted by molar-refractivity contribution is 7.22. The predicted octanol–water partition coefficient (Wildman–Crippen LogP) is 3.14. The van der Waals surface area contributed by atoms with Crippen LogP contribution in [0.2, 0.25) is 5.02 Å². The molecule has 3 N–H and O–H groups in total. The van der Waals surface area contributed by atoms with E-state index in [-0.39, 0.29) is 18.2 Å². The maximum Gasteiger partial charge on any atom is 0.260 e. The van der Waals surface area contributed by atoms with Crippen molar-refractivity contribution < 1.29 is 9.59 Å². The highest BCUT2D eigenvalue weighted by atomic mass is 35.5.